The summed E-state index contributed by atoms with van der Waals surface area (Å²) in [7, 11) is 1.69. The van der Waals surface area contributed by atoms with Gasteiger partial charge in [0.25, 0.3) is 0 Å². The van der Waals surface area contributed by atoms with Crippen LogP contribution in [0.25, 0.3) is 11.0 Å². The van der Waals surface area contributed by atoms with E-state index in [9.17, 15) is 0 Å². The Labute approximate surface area is 106 Å². The molecule has 1 N–H and O–H groups in total. The number of furan rings is 1. The summed E-state index contributed by atoms with van der Waals surface area (Å²) in [5, 5.41) is 4.88. The lowest BCUT2D eigenvalue weighted by Crippen LogP contribution is -2.29. The highest BCUT2D eigenvalue weighted by Crippen LogP contribution is 2.29. The smallest absolute Gasteiger partial charge is 0.199 e. The van der Waals surface area contributed by atoms with E-state index in [2.05, 4.69) is 12.2 Å². The van der Waals surface area contributed by atoms with Crippen molar-refractivity contribution in [3.63, 3.8) is 0 Å². The van der Waals surface area contributed by atoms with Crippen molar-refractivity contribution in [1.82, 2.24) is 5.32 Å². The van der Waals surface area contributed by atoms with Gasteiger partial charge in [0.05, 0.1) is 6.61 Å². The number of ether oxygens (including phenoxy) is 1. The molecule has 2 rings (SSSR count). The van der Waals surface area contributed by atoms with Gasteiger partial charge in [-0.3, -0.25) is 0 Å². The predicted octanol–water partition coefficient (Wildman–Crippen LogP) is 3.21. The highest BCUT2D eigenvalue weighted by atomic mass is 35.5. The van der Waals surface area contributed by atoms with E-state index < -0.39 is 0 Å². The van der Waals surface area contributed by atoms with Crippen molar-refractivity contribution in [3.8, 4) is 0 Å². The molecule has 0 radical (unpaired) electrons. The maximum atomic E-state index is 6.09. The highest BCUT2D eigenvalue weighted by molar-refractivity contribution is 6.30. The molecular weight excluding hydrogens is 238 g/mol. The molecule has 92 valence electrons. The summed E-state index contributed by atoms with van der Waals surface area (Å²) < 4.78 is 10.6. The lowest BCUT2D eigenvalue weighted by atomic mass is 10.1. The largest absolute Gasteiger partial charge is 0.444 e. The molecule has 0 fully saturated rings. The molecule has 2 aromatic rings. The second-order valence-corrected chi connectivity index (χ2v) is 4.43. The lowest BCUT2D eigenvalue weighted by Gasteiger charge is -2.11. The van der Waals surface area contributed by atoms with Gasteiger partial charge in [0, 0.05) is 30.6 Å². The molecule has 0 saturated carbocycles. The van der Waals surface area contributed by atoms with E-state index in [1.807, 2.05) is 24.3 Å². The number of benzene rings is 1. The first kappa shape index (κ1) is 12.4. The van der Waals surface area contributed by atoms with Gasteiger partial charge < -0.3 is 14.5 Å². The van der Waals surface area contributed by atoms with E-state index >= 15 is 0 Å². The van der Waals surface area contributed by atoms with Crippen LogP contribution in [0.1, 0.15) is 12.5 Å². The molecule has 0 aliphatic carbocycles. The van der Waals surface area contributed by atoms with Crippen molar-refractivity contribution in [2.75, 3.05) is 13.7 Å². The van der Waals surface area contributed by atoms with Gasteiger partial charge in [0.2, 0.25) is 0 Å². The standard InChI is InChI=1S/C13H16ClNO2/c1-9(8-16-2)15-7-11-10-5-3-4-6-12(10)17-13(11)14/h3-6,9,15H,7-8H2,1-2H3. The van der Waals surface area contributed by atoms with Crippen LogP contribution in [-0.4, -0.2) is 19.8 Å². The molecule has 17 heavy (non-hydrogen) atoms. The van der Waals surface area contributed by atoms with Gasteiger partial charge in [-0.2, -0.15) is 0 Å². The van der Waals surface area contributed by atoms with Crippen molar-refractivity contribution >= 4 is 22.6 Å². The number of para-hydroxylation sites is 1. The fraction of sp³-hybridized carbons (Fsp3) is 0.385. The monoisotopic (exact) mass is 253 g/mol. The SMILES string of the molecule is COCC(C)NCc1c(Cl)oc2ccccc12. The maximum absolute atomic E-state index is 6.09. The van der Waals surface area contributed by atoms with Gasteiger partial charge in [-0.25, -0.2) is 0 Å². The molecule has 1 unspecified atom stereocenters. The molecule has 0 bridgehead atoms. The minimum absolute atomic E-state index is 0.282. The summed E-state index contributed by atoms with van der Waals surface area (Å²) in [6, 6.07) is 8.14. The fourth-order valence-electron chi connectivity index (χ4n) is 1.82. The van der Waals surface area contributed by atoms with Crippen molar-refractivity contribution in [2.45, 2.75) is 19.5 Å². The van der Waals surface area contributed by atoms with Gasteiger partial charge in [0.1, 0.15) is 5.58 Å². The van der Waals surface area contributed by atoms with Crippen LogP contribution in [0.5, 0.6) is 0 Å². The molecule has 3 nitrogen and oxygen atoms in total. The predicted molar refractivity (Wildman–Crippen MR) is 69.4 cm³/mol. The second kappa shape index (κ2) is 5.54. The molecule has 0 saturated heterocycles. The number of fused-ring (bicyclic) bond motifs is 1. The number of methoxy groups -OCH3 is 1. The molecule has 1 aromatic heterocycles. The molecular formula is C13H16ClNO2. The Morgan fingerprint density at radius 2 is 2.18 bits per heavy atom. The fourth-order valence-corrected chi connectivity index (χ4v) is 2.07. The molecule has 4 heteroatoms. The number of nitrogens with one attached hydrogen (secondary N) is 1. The first-order valence-corrected chi connectivity index (χ1v) is 5.98. The molecule has 1 aromatic carbocycles. The Morgan fingerprint density at radius 3 is 2.94 bits per heavy atom. The molecule has 1 atom stereocenters. The number of hydrogen-bond acceptors (Lipinski definition) is 3. The summed E-state index contributed by atoms with van der Waals surface area (Å²) in [4.78, 5) is 0. The quantitative estimate of drug-likeness (QED) is 0.889. The third kappa shape index (κ3) is 2.80. The Kier molecular flexibility index (Phi) is 4.05. The van der Waals surface area contributed by atoms with Crippen LogP contribution in [0.4, 0.5) is 0 Å². The van der Waals surface area contributed by atoms with Crippen LogP contribution in [0.3, 0.4) is 0 Å². The number of rotatable bonds is 5. The minimum atomic E-state index is 0.282. The van der Waals surface area contributed by atoms with Crippen molar-refractivity contribution < 1.29 is 9.15 Å². The molecule has 0 amide bonds. The topological polar surface area (TPSA) is 34.4 Å². The first-order chi connectivity index (χ1) is 8.22. The normalized spacial score (nSPS) is 13.1. The average Bonchev–Trinajstić information content (AvgIpc) is 2.62. The van der Waals surface area contributed by atoms with Gasteiger partial charge in [-0.1, -0.05) is 18.2 Å². The van der Waals surface area contributed by atoms with E-state index in [1.165, 1.54) is 0 Å². The zero-order valence-electron chi connectivity index (χ0n) is 10.00. The molecule has 1 heterocycles. The van der Waals surface area contributed by atoms with Crippen LogP contribution in [0.2, 0.25) is 5.22 Å². The number of halogens is 1. The molecule has 0 spiro atoms. The third-order valence-electron chi connectivity index (χ3n) is 2.69. The summed E-state index contributed by atoms with van der Waals surface area (Å²) in [6.45, 7) is 3.42. The van der Waals surface area contributed by atoms with Gasteiger partial charge >= 0.3 is 0 Å². The van der Waals surface area contributed by atoms with E-state index in [0.29, 0.717) is 18.4 Å². The van der Waals surface area contributed by atoms with Crippen LogP contribution in [0.15, 0.2) is 28.7 Å². The zero-order valence-corrected chi connectivity index (χ0v) is 10.8. The first-order valence-electron chi connectivity index (χ1n) is 5.60. The van der Waals surface area contributed by atoms with Crippen LogP contribution < -0.4 is 5.32 Å². The van der Waals surface area contributed by atoms with Gasteiger partial charge in [0.15, 0.2) is 5.22 Å². The van der Waals surface area contributed by atoms with E-state index in [-0.39, 0.29) is 6.04 Å². The van der Waals surface area contributed by atoms with Crippen LogP contribution in [-0.2, 0) is 11.3 Å². The van der Waals surface area contributed by atoms with E-state index in [1.54, 1.807) is 7.11 Å². The Hall–Kier alpha value is -1.03. The van der Waals surface area contributed by atoms with Crippen LogP contribution >= 0.6 is 11.6 Å². The van der Waals surface area contributed by atoms with Crippen molar-refractivity contribution in [2.24, 2.45) is 0 Å². The second-order valence-electron chi connectivity index (χ2n) is 4.09. The average molecular weight is 254 g/mol. The summed E-state index contributed by atoms with van der Waals surface area (Å²) in [5.41, 5.74) is 1.83. The van der Waals surface area contributed by atoms with E-state index in [4.69, 9.17) is 20.8 Å². The van der Waals surface area contributed by atoms with Gasteiger partial charge in [-0.05, 0) is 24.6 Å². The lowest BCUT2D eigenvalue weighted by molar-refractivity contribution is 0.171. The summed E-state index contributed by atoms with van der Waals surface area (Å²) >= 11 is 6.09. The zero-order chi connectivity index (χ0) is 12.3. The molecule has 0 aliphatic heterocycles. The summed E-state index contributed by atoms with van der Waals surface area (Å²) in [6.07, 6.45) is 0. The molecule has 0 aliphatic rings. The highest BCUT2D eigenvalue weighted by Gasteiger charge is 2.12. The Balaban J connectivity index is 2.15. The van der Waals surface area contributed by atoms with Crippen molar-refractivity contribution in [1.29, 1.82) is 0 Å². The summed E-state index contributed by atoms with van der Waals surface area (Å²) in [5.74, 6) is 0. The van der Waals surface area contributed by atoms with Crippen molar-refractivity contribution in [3.05, 3.63) is 35.0 Å². The van der Waals surface area contributed by atoms with Gasteiger partial charge in [-0.15, -0.1) is 0 Å². The Bertz CT molecular complexity index is 495. The third-order valence-corrected chi connectivity index (χ3v) is 3.00. The number of hydrogen-bond donors (Lipinski definition) is 1. The van der Waals surface area contributed by atoms with Crippen LogP contribution in [0, 0.1) is 0 Å². The van der Waals surface area contributed by atoms with E-state index in [0.717, 1.165) is 16.5 Å². The maximum Gasteiger partial charge on any atom is 0.199 e. The minimum Gasteiger partial charge on any atom is -0.444 e. The Morgan fingerprint density at radius 1 is 1.41 bits per heavy atom.